The minimum atomic E-state index is -5.50. The van der Waals surface area contributed by atoms with E-state index in [2.05, 4.69) is 20.5 Å². The smallest absolute Gasteiger partial charge is 0.380 e. The van der Waals surface area contributed by atoms with Gasteiger partial charge in [0.05, 0.1) is 16.2 Å². The molecule has 3 rings (SSSR count). The number of hydrogen-bond acceptors (Lipinski definition) is 8. The van der Waals surface area contributed by atoms with Crippen LogP contribution in [0.1, 0.15) is 6.42 Å². The molecular formula is C15H13ClF4N4O4S2. The summed E-state index contributed by atoms with van der Waals surface area (Å²) >= 11 is 6.88. The minimum absolute atomic E-state index is 0.0661. The van der Waals surface area contributed by atoms with Gasteiger partial charge in [-0.25, -0.2) is 14.2 Å². The fraction of sp³-hybridized carbons (Fsp3) is 0.333. The number of anilines is 2. The van der Waals surface area contributed by atoms with Crippen LogP contribution in [0, 0.1) is 5.82 Å². The Labute approximate surface area is 176 Å². The molecule has 1 fully saturated rings. The summed E-state index contributed by atoms with van der Waals surface area (Å²) in [5.74, 6) is -4.79. The second kappa shape index (κ2) is 8.53. The molecular weight excluding hydrogens is 476 g/mol. The Morgan fingerprint density at radius 1 is 1.40 bits per heavy atom. The van der Waals surface area contributed by atoms with Crippen molar-refractivity contribution in [2.75, 3.05) is 22.9 Å². The maximum absolute atomic E-state index is 14.7. The van der Waals surface area contributed by atoms with Crippen molar-refractivity contribution in [3.8, 4) is 0 Å². The highest BCUT2D eigenvalue weighted by atomic mass is 35.5. The molecule has 164 valence electrons. The van der Waals surface area contributed by atoms with Crippen LogP contribution in [-0.2, 0) is 19.7 Å². The van der Waals surface area contributed by atoms with E-state index in [0.717, 1.165) is 47.3 Å². The van der Waals surface area contributed by atoms with Crippen molar-refractivity contribution in [1.82, 2.24) is 10.3 Å². The van der Waals surface area contributed by atoms with Gasteiger partial charge < -0.3 is 15.5 Å². The van der Waals surface area contributed by atoms with Crippen LogP contribution in [0.15, 0.2) is 27.9 Å². The molecule has 1 aliphatic heterocycles. The third-order valence-electron chi connectivity index (χ3n) is 3.94. The van der Waals surface area contributed by atoms with Gasteiger partial charge in [0.25, 0.3) is 10.0 Å². The minimum Gasteiger partial charge on any atom is -0.380 e. The van der Waals surface area contributed by atoms with Gasteiger partial charge in [0, 0.05) is 18.0 Å². The molecule has 2 aromatic rings. The van der Waals surface area contributed by atoms with Gasteiger partial charge in [-0.1, -0.05) is 16.1 Å². The van der Waals surface area contributed by atoms with E-state index in [0.29, 0.717) is 6.54 Å². The number of rotatable bonds is 6. The van der Waals surface area contributed by atoms with Crippen molar-refractivity contribution in [2.24, 2.45) is 0 Å². The summed E-state index contributed by atoms with van der Waals surface area (Å²) in [6.07, 6.45) is -4.77. The SMILES string of the molecule is O=C(ON(c1cscn1)S(=O)(=O)c1cc(Cl)c(N[C@@H]2CCNC2)cc1F)C(F)(F)F. The fourth-order valence-corrected chi connectivity index (χ4v) is 4.69. The van der Waals surface area contributed by atoms with Crippen LogP contribution in [0.2, 0.25) is 5.02 Å². The molecule has 0 saturated carbocycles. The highest BCUT2D eigenvalue weighted by Gasteiger charge is 2.45. The zero-order valence-corrected chi connectivity index (χ0v) is 17.1. The third kappa shape index (κ3) is 4.77. The van der Waals surface area contributed by atoms with Gasteiger partial charge in [0.2, 0.25) is 0 Å². The van der Waals surface area contributed by atoms with Gasteiger partial charge in [-0.15, -0.1) is 11.3 Å². The lowest BCUT2D eigenvalue weighted by molar-refractivity contribution is -0.199. The van der Waals surface area contributed by atoms with E-state index < -0.39 is 38.7 Å². The van der Waals surface area contributed by atoms with Crippen LogP contribution in [0.4, 0.5) is 29.1 Å². The van der Waals surface area contributed by atoms with Gasteiger partial charge in [0.1, 0.15) is 10.7 Å². The van der Waals surface area contributed by atoms with E-state index in [9.17, 15) is 30.8 Å². The van der Waals surface area contributed by atoms with Crippen LogP contribution in [0.3, 0.4) is 0 Å². The molecule has 1 aliphatic rings. The number of sulfonamides is 1. The van der Waals surface area contributed by atoms with Crippen molar-refractivity contribution in [2.45, 2.75) is 23.5 Å². The Hall–Kier alpha value is -2.16. The van der Waals surface area contributed by atoms with E-state index >= 15 is 0 Å². The lowest BCUT2D eigenvalue weighted by Crippen LogP contribution is -2.39. The topological polar surface area (TPSA) is 101 Å². The Bertz CT molecular complexity index is 1030. The molecule has 0 amide bonds. The first kappa shape index (κ1) is 22.5. The number of benzene rings is 1. The van der Waals surface area contributed by atoms with Crippen molar-refractivity contribution in [1.29, 1.82) is 0 Å². The molecule has 30 heavy (non-hydrogen) atoms. The summed E-state index contributed by atoms with van der Waals surface area (Å²) in [4.78, 5) is 17.7. The number of nitrogens with one attached hydrogen (secondary N) is 2. The van der Waals surface area contributed by atoms with Gasteiger partial charge in [-0.05, 0) is 25.1 Å². The number of hydrogen-bond donors (Lipinski definition) is 2. The number of halogens is 5. The van der Waals surface area contributed by atoms with Crippen molar-refractivity contribution < 1.29 is 35.6 Å². The van der Waals surface area contributed by atoms with Gasteiger partial charge in [-0.3, -0.25) is 0 Å². The van der Waals surface area contributed by atoms with Gasteiger partial charge in [0.15, 0.2) is 5.82 Å². The second-order valence-electron chi connectivity index (χ2n) is 6.05. The lowest BCUT2D eigenvalue weighted by Gasteiger charge is -2.22. The third-order valence-corrected chi connectivity index (χ3v) is 6.39. The highest BCUT2D eigenvalue weighted by molar-refractivity contribution is 7.92. The highest BCUT2D eigenvalue weighted by Crippen LogP contribution is 2.33. The predicted molar refractivity (Wildman–Crippen MR) is 100 cm³/mol. The van der Waals surface area contributed by atoms with Crippen LogP contribution >= 0.6 is 22.9 Å². The average molecular weight is 489 g/mol. The Kier molecular flexibility index (Phi) is 6.40. The average Bonchev–Trinajstić information content (AvgIpc) is 3.35. The summed E-state index contributed by atoms with van der Waals surface area (Å²) in [5.41, 5.74) is 1.19. The first-order chi connectivity index (χ1) is 14.0. The molecule has 0 aliphatic carbocycles. The number of alkyl halides is 3. The molecule has 1 saturated heterocycles. The van der Waals surface area contributed by atoms with E-state index in [1.807, 2.05) is 0 Å². The van der Waals surface area contributed by atoms with Crippen molar-refractivity contribution >= 4 is 50.4 Å². The summed E-state index contributed by atoms with van der Waals surface area (Å²) < 4.78 is 77.8. The largest absolute Gasteiger partial charge is 0.493 e. The number of carbonyl (C=O) groups excluding carboxylic acids is 1. The predicted octanol–water partition coefficient (Wildman–Crippen LogP) is 2.93. The number of carbonyl (C=O) groups is 1. The van der Waals surface area contributed by atoms with Crippen LogP contribution in [0.25, 0.3) is 0 Å². The Morgan fingerprint density at radius 2 is 2.13 bits per heavy atom. The summed E-state index contributed by atoms with van der Waals surface area (Å²) in [5, 5.41) is 6.84. The first-order valence-electron chi connectivity index (χ1n) is 8.19. The molecule has 0 bridgehead atoms. The first-order valence-corrected chi connectivity index (χ1v) is 10.9. The molecule has 1 aromatic heterocycles. The maximum Gasteiger partial charge on any atom is 0.493 e. The standard InChI is InChI=1S/C15H13ClF4N4O4S2/c16-9-3-12(10(17)4-11(9)23-8-1-2-21-5-8)30(26,27)24(13-6-29-7-22-13)28-14(25)15(18,19)20/h3-4,6-8,21,23H,1-2,5H2/t8-/m1/s1. The van der Waals surface area contributed by atoms with E-state index in [4.69, 9.17) is 11.6 Å². The normalized spacial score (nSPS) is 17.0. The molecule has 8 nitrogen and oxygen atoms in total. The zero-order valence-electron chi connectivity index (χ0n) is 14.7. The fourth-order valence-electron chi connectivity index (χ4n) is 2.57. The van der Waals surface area contributed by atoms with Crippen LogP contribution in [-0.4, -0.2) is 44.7 Å². The quantitative estimate of drug-likeness (QED) is 0.476. The molecule has 2 heterocycles. The molecule has 1 atom stereocenters. The van der Waals surface area contributed by atoms with Crippen molar-refractivity contribution in [3.63, 3.8) is 0 Å². The molecule has 15 heteroatoms. The number of thiazole rings is 1. The number of aromatic nitrogens is 1. The molecule has 0 unspecified atom stereocenters. The molecule has 0 spiro atoms. The Morgan fingerprint density at radius 3 is 2.70 bits per heavy atom. The number of nitrogens with zero attached hydrogens (tertiary/aromatic N) is 2. The second-order valence-corrected chi connectivity index (χ2v) is 8.90. The monoisotopic (exact) mass is 488 g/mol. The van der Waals surface area contributed by atoms with Gasteiger partial charge >= 0.3 is 12.1 Å². The van der Waals surface area contributed by atoms with E-state index in [-0.39, 0.29) is 21.2 Å². The van der Waals surface area contributed by atoms with Gasteiger partial charge in [-0.2, -0.15) is 21.6 Å². The zero-order chi connectivity index (χ0) is 22.1. The molecule has 0 radical (unpaired) electrons. The summed E-state index contributed by atoms with van der Waals surface area (Å²) in [7, 11) is -5.14. The maximum atomic E-state index is 14.7. The van der Waals surface area contributed by atoms with Crippen LogP contribution in [0.5, 0.6) is 0 Å². The lowest BCUT2D eigenvalue weighted by atomic mass is 10.2. The molecule has 2 N–H and O–H groups in total. The summed E-state index contributed by atoms with van der Waals surface area (Å²) in [6, 6.07) is 1.46. The van der Waals surface area contributed by atoms with E-state index in [1.165, 1.54) is 0 Å². The van der Waals surface area contributed by atoms with E-state index in [1.54, 1.807) is 0 Å². The van der Waals surface area contributed by atoms with Crippen molar-refractivity contribution in [3.05, 3.63) is 33.9 Å². The van der Waals surface area contributed by atoms with Crippen LogP contribution < -0.4 is 15.1 Å². The Balaban J connectivity index is 1.98. The summed E-state index contributed by atoms with van der Waals surface area (Å²) in [6.45, 7) is 1.32. The molecule has 1 aromatic carbocycles.